The fourth-order valence-electron chi connectivity index (χ4n) is 2.19. The lowest BCUT2D eigenvalue weighted by Gasteiger charge is -2.19. The molecule has 100 valence electrons. The number of aromatic nitrogens is 1. The van der Waals surface area contributed by atoms with E-state index in [9.17, 15) is 0 Å². The molecule has 4 heteroatoms. The minimum Gasteiger partial charge on any atom is -0.271 e. The molecule has 0 fully saturated rings. The van der Waals surface area contributed by atoms with Crippen molar-refractivity contribution in [2.75, 3.05) is 0 Å². The van der Waals surface area contributed by atoms with E-state index in [2.05, 4.69) is 57.5 Å². The van der Waals surface area contributed by atoms with Gasteiger partial charge in [0, 0.05) is 16.9 Å². The minimum absolute atomic E-state index is 0.110. The molecule has 3 nitrogen and oxygen atoms in total. The molecular weight excluding hydrogens is 302 g/mol. The van der Waals surface area contributed by atoms with Crippen molar-refractivity contribution in [1.82, 2.24) is 10.4 Å². The zero-order chi connectivity index (χ0) is 13.7. The number of nitrogens with zero attached hydrogens (tertiary/aromatic N) is 1. The molecule has 1 aromatic carbocycles. The first kappa shape index (κ1) is 14.2. The molecule has 0 aliphatic heterocycles. The fourth-order valence-corrected chi connectivity index (χ4v) is 2.45. The van der Waals surface area contributed by atoms with Gasteiger partial charge in [0.2, 0.25) is 0 Å². The lowest BCUT2D eigenvalue weighted by Crippen LogP contribution is -2.30. The van der Waals surface area contributed by atoms with Crippen LogP contribution < -0.4 is 11.3 Å². The number of rotatable bonds is 5. The smallest absolute Gasteiger partial charge is 0.0504 e. The van der Waals surface area contributed by atoms with Crippen LogP contribution in [0.5, 0.6) is 0 Å². The van der Waals surface area contributed by atoms with Crippen molar-refractivity contribution in [2.45, 2.75) is 25.8 Å². The van der Waals surface area contributed by atoms with Gasteiger partial charge in [0.05, 0.1) is 6.04 Å². The van der Waals surface area contributed by atoms with Crippen molar-refractivity contribution in [2.24, 2.45) is 5.84 Å². The SMILES string of the molecule is CCc1cnccc1C(Cc1ccc(Br)cc1)NN. The van der Waals surface area contributed by atoms with Gasteiger partial charge in [-0.05, 0) is 47.7 Å². The van der Waals surface area contributed by atoms with Gasteiger partial charge in [-0.25, -0.2) is 0 Å². The summed E-state index contributed by atoms with van der Waals surface area (Å²) in [5, 5.41) is 0. The Hall–Kier alpha value is -1.23. The van der Waals surface area contributed by atoms with Crippen LogP contribution in [0.4, 0.5) is 0 Å². The van der Waals surface area contributed by atoms with Gasteiger partial charge in [-0.1, -0.05) is 35.0 Å². The van der Waals surface area contributed by atoms with E-state index in [4.69, 9.17) is 5.84 Å². The zero-order valence-electron chi connectivity index (χ0n) is 10.9. The van der Waals surface area contributed by atoms with E-state index in [0.29, 0.717) is 0 Å². The Morgan fingerprint density at radius 1 is 1.26 bits per heavy atom. The van der Waals surface area contributed by atoms with Crippen molar-refractivity contribution in [1.29, 1.82) is 0 Å². The van der Waals surface area contributed by atoms with Crippen molar-refractivity contribution in [3.8, 4) is 0 Å². The molecule has 2 rings (SSSR count). The molecule has 1 atom stereocenters. The monoisotopic (exact) mass is 319 g/mol. The van der Waals surface area contributed by atoms with Crippen molar-refractivity contribution in [3.63, 3.8) is 0 Å². The van der Waals surface area contributed by atoms with Crippen LogP contribution in [0, 0.1) is 0 Å². The topological polar surface area (TPSA) is 50.9 Å². The Kier molecular flexibility index (Phi) is 5.07. The average Bonchev–Trinajstić information content (AvgIpc) is 2.46. The number of benzene rings is 1. The minimum atomic E-state index is 0.110. The predicted molar refractivity (Wildman–Crippen MR) is 81.5 cm³/mol. The van der Waals surface area contributed by atoms with E-state index < -0.39 is 0 Å². The van der Waals surface area contributed by atoms with Crippen LogP contribution in [0.15, 0.2) is 47.2 Å². The molecule has 0 aliphatic carbocycles. The molecule has 0 radical (unpaired) electrons. The highest BCUT2D eigenvalue weighted by molar-refractivity contribution is 9.10. The number of halogens is 1. The Morgan fingerprint density at radius 3 is 2.63 bits per heavy atom. The number of hydrogen-bond donors (Lipinski definition) is 2. The molecule has 0 amide bonds. The molecule has 1 aromatic heterocycles. The molecule has 3 N–H and O–H groups in total. The van der Waals surface area contributed by atoms with Gasteiger partial charge in [0.15, 0.2) is 0 Å². The first-order chi connectivity index (χ1) is 9.24. The number of hydrazine groups is 1. The van der Waals surface area contributed by atoms with Gasteiger partial charge < -0.3 is 0 Å². The van der Waals surface area contributed by atoms with Crippen LogP contribution in [0.1, 0.15) is 29.7 Å². The number of hydrogen-bond acceptors (Lipinski definition) is 3. The number of nitrogens with one attached hydrogen (secondary N) is 1. The van der Waals surface area contributed by atoms with E-state index in [-0.39, 0.29) is 6.04 Å². The van der Waals surface area contributed by atoms with Gasteiger partial charge >= 0.3 is 0 Å². The standard InChI is InChI=1S/C15H18BrN3/c1-2-12-10-18-8-7-14(12)15(19-17)9-11-3-5-13(16)6-4-11/h3-8,10,15,19H,2,9,17H2,1H3. The highest BCUT2D eigenvalue weighted by Crippen LogP contribution is 2.22. The van der Waals surface area contributed by atoms with E-state index in [0.717, 1.165) is 17.3 Å². The van der Waals surface area contributed by atoms with Gasteiger partial charge in [-0.2, -0.15) is 0 Å². The summed E-state index contributed by atoms with van der Waals surface area (Å²) in [4.78, 5) is 4.18. The van der Waals surface area contributed by atoms with Gasteiger partial charge in [0.25, 0.3) is 0 Å². The maximum Gasteiger partial charge on any atom is 0.0504 e. The first-order valence-electron chi connectivity index (χ1n) is 6.38. The van der Waals surface area contributed by atoms with Crippen LogP contribution in [0.2, 0.25) is 0 Å². The second kappa shape index (κ2) is 6.80. The van der Waals surface area contributed by atoms with Crippen molar-refractivity contribution in [3.05, 3.63) is 63.9 Å². The maximum atomic E-state index is 5.73. The summed E-state index contributed by atoms with van der Waals surface area (Å²) >= 11 is 3.45. The summed E-state index contributed by atoms with van der Waals surface area (Å²) in [6.07, 6.45) is 5.56. The molecule has 0 spiro atoms. The lowest BCUT2D eigenvalue weighted by molar-refractivity contribution is 0.547. The molecular formula is C15H18BrN3. The van der Waals surface area contributed by atoms with Crippen LogP contribution in [0.25, 0.3) is 0 Å². The number of aryl methyl sites for hydroxylation is 1. The highest BCUT2D eigenvalue weighted by atomic mass is 79.9. The summed E-state index contributed by atoms with van der Waals surface area (Å²) in [6, 6.07) is 10.5. The van der Waals surface area contributed by atoms with E-state index in [1.807, 2.05) is 18.5 Å². The predicted octanol–water partition coefficient (Wildman–Crippen LogP) is 3.15. The molecule has 0 bridgehead atoms. The third-order valence-corrected chi connectivity index (χ3v) is 3.78. The molecule has 0 aliphatic rings. The summed E-state index contributed by atoms with van der Waals surface area (Å²) in [7, 11) is 0. The van der Waals surface area contributed by atoms with Crippen LogP contribution >= 0.6 is 15.9 Å². The van der Waals surface area contributed by atoms with E-state index in [1.54, 1.807) is 0 Å². The van der Waals surface area contributed by atoms with Gasteiger partial charge in [0.1, 0.15) is 0 Å². The Morgan fingerprint density at radius 2 is 2.00 bits per heavy atom. The Bertz CT molecular complexity index is 525. The van der Waals surface area contributed by atoms with E-state index >= 15 is 0 Å². The van der Waals surface area contributed by atoms with Crippen LogP contribution in [-0.2, 0) is 12.8 Å². The first-order valence-corrected chi connectivity index (χ1v) is 7.17. The molecule has 19 heavy (non-hydrogen) atoms. The Labute approximate surface area is 122 Å². The van der Waals surface area contributed by atoms with Crippen molar-refractivity contribution >= 4 is 15.9 Å². The Balaban J connectivity index is 2.22. The number of pyridine rings is 1. The van der Waals surface area contributed by atoms with Gasteiger partial charge in [-0.3, -0.25) is 16.3 Å². The second-order valence-electron chi connectivity index (χ2n) is 4.48. The summed E-state index contributed by atoms with van der Waals surface area (Å²) in [6.45, 7) is 2.13. The fraction of sp³-hybridized carbons (Fsp3) is 0.267. The third kappa shape index (κ3) is 3.62. The van der Waals surface area contributed by atoms with Crippen molar-refractivity contribution < 1.29 is 0 Å². The van der Waals surface area contributed by atoms with Crippen LogP contribution in [-0.4, -0.2) is 4.98 Å². The normalized spacial score (nSPS) is 12.4. The summed E-state index contributed by atoms with van der Waals surface area (Å²) in [5.74, 6) is 5.73. The van der Waals surface area contributed by atoms with Crippen LogP contribution in [0.3, 0.4) is 0 Å². The van der Waals surface area contributed by atoms with Gasteiger partial charge in [-0.15, -0.1) is 0 Å². The second-order valence-corrected chi connectivity index (χ2v) is 5.39. The number of nitrogens with two attached hydrogens (primary N) is 1. The molecule has 0 saturated carbocycles. The molecule has 0 saturated heterocycles. The summed E-state index contributed by atoms with van der Waals surface area (Å²) < 4.78 is 1.09. The van der Waals surface area contributed by atoms with E-state index in [1.165, 1.54) is 16.7 Å². The average molecular weight is 320 g/mol. The largest absolute Gasteiger partial charge is 0.271 e. The summed E-state index contributed by atoms with van der Waals surface area (Å²) in [5.41, 5.74) is 6.63. The zero-order valence-corrected chi connectivity index (χ0v) is 12.5. The lowest BCUT2D eigenvalue weighted by atomic mass is 9.96. The molecule has 2 aromatic rings. The molecule has 1 unspecified atom stereocenters. The highest BCUT2D eigenvalue weighted by Gasteiger charge is 2.13. The molecule has 1 heterocycles. The third-order valence-electron chi connectivity index (χ3n) is 3.25. The quantitative estimate of drug-likeness (QED) is 0.657. The maximum absolute atomic E-state index is 5.73.